The zero-order chi connectivity index (χ0) is 19.2. The van der Waals surface area contributed by atoms with E-state index in [2.05, 4.69) is 0 Å². The van der Waals surface area contributed by atoms with Gasteiger partial charge in [-0.15, -0.1) is 0 Å². The Labute approximate surface area is 155 Å². The highest BCUT2D eigenvalue weighted by atomic mass is 16.6. The number of ether oxygens (including phenoxy) is 2. The van der Waals surface area contributed by atoms with E-state index in [4.69, 9.17) is 14.6 Å². The Morgan fingerprint density at radius 1 is 1.23 bits per heavy atom. The largest absolute Gasteiger partial charge is 0.493 e. The van der Waals surface area contributed by atoms with Crippen molar-refractivity contribution in [2.24, 2.45) is 5.92 Å². The van der Waals surface area contributed by atoms with Crippen LogP contribution in [-0.4, -0.2) is 47.4 Å². The summed E-state index contributed by atoms with van der Waals surface area (Å²) in [7, 11) is 0. The molecule has 1 atom stereocenters. The minimum Gasteiger partial charge on any atom is -0.493 e. The molecule has 6 nitrogen and oxygen atoms in total. The summed E-state index contributed by atoms with van der Waals surface area (Å²) in [5.74, 6) is 0.249. The molecule has 0 saturated carbocycles. The Morgan fingerprint density at radius 3 is 2.54 bits per heavy atom. The zero-order valence-corrected chi connectivity index (χ0v) is 15.9. The van der Waals surface area contributed by atoms with Crippen molar-refractivity contribution in [1.29, 1.82) is 0 Å². The average Bonchev–Trinajstić information content (AvgIpc) is 2.58. The highest BCUT2D eigenvalue weighted by Crippen LogP contribution is 2.21. The number of likely N-dealkylation sites (tertiary alicyclic amines) is 1. The molecule has 1 aliphatic heterocycles. The number of carboxylic acids is 1. The van der Waals surface area contributed by atoms with Gasteiger partial charge in [0, 0.05) is 25.4 Å². The number of carbonyl (C=O) groups is 2. The lowest BCUT2D eigenvalue weighted by Crippen LogP contribution is -2.44. The summed E-state index contributed by atoms with van der Waals surface area (Å²) in [5.41, 5.74) is 0.497. The van der Waals surface area contributed by atoms with E-state index in [9.17, 15) is 9.59 Å². The van der Waals surface area contributed by atoms with Gasteiger partial charge in [-0.1, -0.05) is 12.1 Å². The molecule has 1 aromatic rings. The Bertz CT molecular complexity index is 606. The standard InChI is InChI=1S/C20H29NO5/c1-20(2,3)26-19(24)21-12-4-5-16(13-21)14-25-17-9-6-15(7-10-17)8-11-18(22)23/h6-7,9-10,16H,4-5,8,11-14H2,1-3H3,(H,22,23). The first-order valence-corrected chi connectivity index (χ1v) is 9.14. The van der Waals surface area contributed by atoms with E-state index in [1.807, 2.05) is 45.0 Å². The van der Waals surface area contributed by atoms with Crippen LogP contribution >= 0.6 is 0 Å². The summed E-state index contributed by atoms with van der Waals surface area (Å²) in [4.78, 5) is 24.6. The molecule has 0 spiro atoms. The number of benzene rings is 1. The molecule has 1 amide bonds. The van der Waals surface area contributed by atoms with Crippen LogP contribution in [0.1, 0.15) is 45.6 Å². The van der Waals surface area contributed by atoms with Gasteiger partial charge in [0.05, 0.1) is 6.61 Å². The van der Waals surface area contributed by atoms with Crippen molar-refractivity contribution < 1.29 is 24.2 Å². The normalized spacial score (nSPS) is 17.7. The summed E-state index contributed by atoms with van der Waals surface area (Å²) >= 11 is 0. The first-order valence-electron chi connectivity index (χ1n) is 9.14. The van der Waals surface area contributed by atoms with Crippen LogP contribution in [0.5, 0.6) is 5.75 Å². The predicted molar refractivity (Wildman–Crippen MR) is 98.4 cm³/mol. The van der Waals surface area contributed by atoms with E-state index in [0.717, 1.165) is 30.7 Å². The highest BCUT2D eigenvalue weighted by Gasteiger charge is 2.27. The maximum Gasteiger partial charge on any atom is 0.410 e. The zero-order valence-electron chi connectivity index (χ0n) is 15.9. The lowest BCUT2D eigenvalue weighted by molar-refractivity contribution is -0.136. The van der Waals surface area contributed by atoms with Crippen LogP contribution in [0.2, 0.25) is 0 Å². The van der Waals surface area contributed by atoms with Gasteiger partial charge in [-0.25, -0.2) is 4.79 Å². The molecule has 0 bridgehead atoms. The Kier molecular flexibility index (Phi) is 6.89. The number of amides is 1. The SMILES string of the molecule is CC(C)(C)OC(=O)N1CCCC(COc2ccc(CCC(=O)O)cc2)C1. The van der Waals surface area contributed by atoms with Gasteiger partial charge in [-0.3, -0.25) is 4.79 Å². The van der Waals surface area contributed by atoms with Gasteiger partial charge in [-0.2, -0.15) is 0 Å². The number of rotatable bonds is 6. The highest BCUT2D eigenvalue weighted by molar-refractivity contribution is 5.68. The fraction of sp³-hybridized carbons (Fsp3) is 0.600. The monoisotopic (exact) mass is 363 g/mol. The van der Waals surface area contributed by atoms with Crippen molar-refractivity contribution in [2.75, 3.05) is 19.7 Å². The number of nitrogens with zero attached hydrogens (tertiary/aromatic N) is 1. The summed E-state index contributed by atoms with van der Waals surface area (Å²) in [5, 5.41) is 8.72. The molecular formula is C20H29NO5. The fourth-order valence-corrected chi connectivity index (χ4v) is 2.91. The maximum atomic E-state index is 12.2. The topological polar surface area (TPSA) is 76.1 Å². The Hall–Kier alpha value is -2.24. The summed E-state index contributed by atoms with van der Waals surface area (Å²) in [6.45, 7) is 7.53. The molecule has 1 saturated heterocycles. The molecule has 1 unspecified atom stereocenters. The number of hydrogen-bond donors (Lipinski definition) is 1. The minimum absolute atomic E-state index is 0.128. The average molecular weight is 363 g/mol. The van der Waals surface area contributed by atoms with E-state index in [-0.39, 0.29) is 18.4 Å². The number of carboxylic acid groups (broad SMARTS) is 1. The van der Waals surface area contributed by atoms with Crippen LogP contribution < -0.4 is 4.74 Å². The van der Waals surface area contributed by atoms with Crippen molar-refractivity contribution in [3.63, 3.8) is 0 Å². The molecule has 26 heavy (non-hydrogen) atoms. The van der Waals surface area contributed by atoms with E-state index in [1.54, 1.807) is 4.90 Å². The first kappa shape index (κ1) is 20.1. The lowest BCUT2D eigenvalue weighted by Gasteiger charge is -2.34. The van der Waals surface area contributed by atoms with Crippen molar-refractivity contribution >= 4 is 12.1 Å². The molecule has 6 heteroatoms. The van der Waals surface area contributed by atoms with E-state index in [1.165, 1.54) is 0 Å². The third kappa shape index (κ3) is 6.94. The van der Waals surface area contributed by atoms with Crippen LogP contribution in [-0.2, 0) is 16.0 Å². The minimum atomic E-state index is -0.794. The molecule has 1 aliphatic rings. The number of carbonyl (C=O) groups excluding carboxylic acids is 1. The number of piperidine rings is 1. The predicted octanol–water partition coefficient (Wildman–Crippen LogP) is 3.73. The second-order valence-electron chi connectivity index (χ2n) is 7.78. The van der Waals surface area contributed by atoms with Crippen LogP contribution in [0.25, 0.3) is 0 Å². The third-order valence-corrected chi connectivity index (χ3v) is 4.21. The van der Waals surface area contributed by atoms with Gasteiger partial charge < -0.3 is 19.5 Å². The molecule has 0 radical (unpaired) electrons. The summed E-state index contributed by atoms with van der Waals surface area (Å²) in [6, 6.07) is 7.52. The van der Waals surface area contributed by atoms with Crippen molar-refractivity contribution in [3.8, 4) is 5.75 Å². The van der Waals surface area contributed by atoms with Gasteiger partial charge >= 0.3 is 12.1 Å². The van der Waals surface area contributed by atoms with Gasteiger partial charge in [-0.05, 0) is 57.7 Å². The van der Waals surface area contributed by atoms with Crippen LogP contribution in [0.3, 0.4) is 0 Å². The van der Waals surface area contributed by atoms with E-state index < -0.39 is 11.6 Å². The van der Waals surface area contributed by atoms with E-state index >= 15 is 0 Å². The second-order valence-corrected chi connectivity index (χ2v) is 7.78. The Morgan fingerprint density at radius 2 is 1.92 bits per heavy atom. The van der Waals surface area contributed by atoms with Crippen molar-refractivity contribution in [2.45, 2.75) is 52.1 Å². The molecule has 1 fully saturated rings. The van der Waals surface area contributed by atoms with Gasteiger partial charge in [0.25, 0.3) is 0 Å². The summed E-state index contributed by atoms with van der Waals surface area (Å²) in [6.07, 6.45) is 2.36. The molecule has 1 N–H and O–H groups in total. The smallest absolute Gasteiger partial charge is 0.410 e. The molecule has 1 aromatic carbocycles. The number of aryl methyl sites for hydroxylation is 1. The molecule has 2 rings (SSSR count). The quantitative estimate of drug-likeness (QED) is 0.833. The van der Waals surface area contributed by atoms with Gasteiger partial charge in [0.1, 0.15) is 11.4 Å². The summed E-state index contributed by atoms with van der Waals surface area (Å²) < 4.78 is 11.3. The second kappa shape index (κ2) is 8.92. The van der Waals surface area contributed by atoms with Crippen LogP contribution in [0.15, 0.2) is 24.3 Å². The van der Waals surface area contributed by atoms with Crippen molar-refractivity contribution in [1.82, 2.24) is 4.90 Å². The molecule has 0 aromatic heterocycles. The fourth-order valence-electron chi connectivity index (χ4n) is 2.91. The molecular weight excluding hydrogens is 334 g/mol. The molecule has 144 valence electrons. The Balaban J connectivity index is 1.79. The van der Waals surface area contributed by atoms with Gasteiger partial charge in [0.2, 0.25) is 0 Å². The van der Waals surface area contributed by atoms with E-state index in [0.29, 0.717) is 19.6 Å². The lowest BCUT2D eigenvalue weighted by atomic mass is 9.99. The maximum absolute atomic E-state index is 12.2. The first-order chi connectivity index (χ1) is 12.2. The molecule has 0 aliphatic carbocycles. The number of hydrogen-bond acceptors (Lipinski definition) is 4. The van der Waals surface area contributed by atoms with Gasteiger partial charge in [0.15, 0.2) is 0 Å². The van der Waals surface area contributed by atoms with Crippen molar-refractivity contribution in [3.05, 3.63) is 29.8 Å². The number of aliphatic carboxylic acids is 1. The van der Waals surface area contributed by atoms with Crippen LogP contribution in [0, 0.1) is 5.92 Å². The van der Waals surface area contributed by atoms with Crippen LogP contribution in [0.4, 0.5) is 4.79 Å². The molecule has 1 heterocycles. The third-order valence-electron chi connectivity index (χ3n) is 4.21.